The molecule has 2 radical (unpaired) electrons. The molecule has 6 nitrogen and oxygen atoms in total. The van der Waals surface area contributed by atoms with Gasteiger partial charge in [-0.05, 0) is 6.42 Å². The molecule has 1 aliphatic rings. The van der Waals surface area contributed by atoms with Gasteiger partial charge in [0.15, 0.2) is 6.10 Å². The monoisotopic (exact) mass is 220 g/mol. The normalized spacial score (nSPS) is 38.6. The van der Waals surface area contributed by atoms with Gasteiger partial charge in [-0.15, -0.1) is 9.42 Å². The zero-order chi connectivity index (χ0) is 10.8. The molecule has 0 aliphatic carbocycles. The summed E-state index contributed by atoms with van der Waals surface area (Å²) >= 11 is 0. The van der Waals surface area contributed by atoms with Crippen molar-refractivity contribution in [3.63, 3.8) is 0 Å². The summed E-state index contributed by atoms with van der Waals surface area (Å²) in [7, 11) is 2.73. The van der Waals surface area contributed by atoms with E-state index in [-0.39, 0.29) is 13.0 Å². The smallest absolute Gasteiger partial charge is 0.393 e. The highest BCUT2D eigenvalue weighted by Crippen LogP contribution is 2.36. The molecule has 0 aromatic carbocycles. The van der Waals surface area contributed by atoms with Gasteiger partial charge in [0.2, 0.25) is 0 Å². The number of aliphatic hydroxyl groups is 1. The van der Waals surface area contributed by atoms with Crippen molar-refractivity contribution < 1.29 is 23.8 Å². The lowest BCUT2D eigenvalue weighted by molar-refractivity contribution is -0.0836. The number of ether oxygens (including phenoxy) is 1. The summed E-state index contributed by atoms with van der Waals surface area (Å²) in [4.78, 5) is 8.59. The molecule has 0 aromatic rings. The van der Waals surface area contributed by atoms with Crippen LogP contribution < -0.4 is 5.73 Å². The zero-order valence-corrected chi connectivity index (χ0v) is 8.39. The summed E-state index contributed by atoms with van der Waals surface area (Å²) in [5, 5.41) is 9.10. The second-order valence-electron chi connectivity index (χ2n) is 3.15. The molecule has 0 bridgehead atoms. The molecule has 14 heavy (non-hydrogen) atoms. The van der Waals surface area contributed by atoms with E-state index in [1.54, 1.807) is 0 Å². The molecule has 1 rings (SSSR count). The van der Waals surface area contributed by atoms with E-state index in [1.165, 1.54) is 0 Å². The minimum atomic E-state index is -2.75. The number of aliphatic hydroxyl groups excluding tert-OH is 1. The first-order valence-electron chi connectivity index (χ1n) is 4.11. The Bertz CT molecular complexity index is 224. The fourth-order valence-corrected chi connectivity index (χ4v) is 1.98. The van der Waals surface area contributed by atoms with Crippen LogP contribution in [0.4, 0.5) is 0 Å². The summed E-state index contributed by atoms with van der Waals surface area (Å²) in [5.41, 5.74) is 4.25. The van der Waals surface area contributed by atoms with Gasteiger partial charge in [-0.25, -0.2) is 0 Å². The van der Waals surface area contributed by atoms with Crippen LogP contribution in [0.2, 0.25) is 0 Å². The summed E-state index contributed by atoms with van der Waals surface area (Å²) in [6.45, 7) is -0.421. The molecule has 78 valence electrons. The lowest BCUT2D eigenvalue weighted by atomic mass is 9.92. The standard InChI is InChI=1S/C6H11BNO5P/c7-5-1-4(13-14(10)11)6(2-8,3-9)12-5/h4-5,9H,1-3,8H2/p+1. The summed E-state index contributed by atoms with van der Waals surface area (Å²) in [6, 6.07) is -0.634. The molecule has 0 amide bonds. The minimum Gasteiger partial charge on any atom is -0.393 e. The van der Waals surface area contributed by atoms with E-state index in [9.17, 15) is 4.57 Å². The quantitative estimate of drug-likeness (QED) is 0.398. The first-order valence-corrected chi connectivity index (χ1v) is 5.24. The highest BCUT2D eigenvalue weighted by molar-refractivity contribution is 7.32. The maximum Gasteiger partial charge on any atom is 0.695 e. The van der Waals surface area contributed by atoms with Crippen molar-refractivity contribution in [2.45, 2.75) is 24.1 Å². The largest absolute Gasteiger partial charge is 0.695 e. The van der Waals surface area contributed by atoms with E-state index >= 15 is 0 Å². The third-order valence-electron chi connectivity index (χ3n) is 2.25. The van der Waals surface area contributed by atoms with Crippen LogP contribution >= 0.6 is 8.25 Å². The van der Waals surface area contributed by atoms with Gasteiger partial charge >= 0.3 is 8.25 Å². The second-order valence-corrected chi connectivity index (χ2v) is 3.84. The van der Waals surface area contributed by atoms with E-state index in [0.29, 0.717) is 0 Å². The van der Waals surface area contributed by atoms with E-state index in [1.807, 2.05) is 0 Å². The molecule has 1 saturated heterocycles. The van der Waals surface area contributed by atoms with E-state index in [4.69, 9.17) is 32.8 Å². The molecule has 4 atom stereocenters. The van der Waals surface area contributed by atoms with Crippen molar-refractivity contribution >= 4 is 16.1 Å². The third-order valence-corrected chi connectivity index (χ3v) is 2.68. The number of hydrogen-bond acceptors (Lipinski definition) is 5. The Balaban J connectivity index is 2.75. The molecule has 4 unspecified atom stereocenters. The van der Waals surface area contributed by atoms with E-state index in [0.717, 1.165) is 0 Å². The molecule has 0 saturated carbocycles. The van der Waals surface area contributed by atoms with Crippen molar-refractivity contribution in [2.75, 3.05) is 13.2 Å². The highest BCUT2D eigenvalue weighted by Gasteiger charge is 2.50. The number of hydrogen-bond donors (Lipinski definition) is 3. The third kappa shape index (κ3) is 2.31. The minimum absolute atomic E-state index is 0.0228. The van der Waals surface area contributed by atoms with Gasteiger partial charge in [0.05, 0.1) is 6.61 Å². The Morgan fingerprint density at radius 1 is 1.79 bits per heavy atom. The molecular weight excluding hydrogens is 208 g/mol. The van der Waals surface area contributed by atoms with Crippen LogP contribution in [0.25, 0.3) is 0 Å². The van der Waals surface area contributed by atoms with Crippen molar-refractivity contribution in [3.8, 4) is 0 Å². The van der Waals surface area contributed by atoms with Crippen LogP contribution in [-0.4, -0.2) is 48.7 Å². The van der Waals surface area contributed by atoms with Gasteiger partial charge in [-0.3, -0.25) is 0 Å². The molecule has 0 aromatic heterocycles. The predicted octanol–water partition coefficient (Wildman–Crippen LogP) is -1.37. The highest BCUT2D eigenvalue weighted by atomic mass is 31.1. The first kappa shape index (κ1) is 12.0. The van der Waals surface area contributed by atoms with Crippen LogP contribution in [0.1, 0.15) is 6.42 Å². The van der Waals surface area contributed by atoms with Gasteiger partial charge in [-0.1, -0.05) is 0 Å². The Morgan fingerprint density at radius 2 is 2.43 bits per heavy atom. The van der Waals surface area contributed by atoms with Gasteiger partial charge in [0.25, 0.3) is 0 Å². The fraction of sp³-hybridized carbons (Fsp3) is 1.00. The predicted molar refractivity (Wildman–Crippen MR) is 48.8 cm³/mol. The Kier molecular flexibility index (Phi) is 4.00. The summed E-state index contributed by atoms with van der Waals surface area (Å²) in [6.07, 6.45) is -0.513. The van der Waals surface area contributed by atoms with Crippen LogP contribution in [0.15, 0.2) is 0 Å². The first-order chi connectivity index (χ1) is 6.54. The Hall–Kier alpha value is -0.0351. The maximum absolute atomic E-state index is 10.5. The van der Waals surface area contributed by atoms with Crippen LogP contribution in [-0.2, 0) is 13.8 Å². The Labute approximate surface area is 83.7 Å². The maximum atomic E-state index is 10.5. The van der Waals surface area contributed by atoms with Crippen LogP contribution in [0, 0.1) is 0 Å². The zero-order valence-electron chi connectivity index (χ0n) is 7.50. The van der Waals surface area contributed by atoms with Gasteiger partial charge in [0, 0.05) is 17.1 Å². The lowest BCUT2D eigenvalue weighted by Crippen LogP contribution is -2.50. The van der Waals surface area contributed by atoms with Crippen molar-refractivity contribution in [3.05, 3.63) is 0 Å². The van der Waals surface area contributed by atoms with Crippen LogP contribution in [0.5, 0.6) is 0 Å². The van der Waals surface area contributed by atoms with Gasteiger partial charge in [-0.2, -0.15) is 0 Å². The van der Waals surface area contributed by atoms with Gasteiger partial charge < -0.3 is 15.6 Å². The second kappa shape index (κ2) is 4.66. The molecule has 4 N–H and O–H groups in total. The average molecular weight is 220 g/mol. The van der Waals surface area contributed by atoms with Crippen molar-refractivity contribution in [2.24, 2.45) is 5.73 Å². The topological polar surface area (TPSA) is 102 Å². The number of nitrogens with two attached hydrogens (primary N) is 1. The summed E-state index contributed by atoms with van der Waals surface area (Å²) < 4.78 is 20.4. The van der Waals surface area contributed by atoms with Gasteiger partial charge in [0.1, 0.15) is 13.4 Å². The molecule has 1 heterocycles. The number of rotatable bonds is 4. The summed E-state index contributed by atoms with van der Waals surface area (Å²) in [5.74, 6) is 0. The van der Waals surface area contributed by atoms with Crippen molar-refractivity contribution in [1.82, 2.24) is 0 Å². The van der Waals surface area contributed by atoms with E-state index < -0.39 is 32.6 Å². The van der Waals surface area contributed by atoms with Crippen LogP contribution in [0.3, 0.4) is 0 Å². The molecule has 1 fully saturated rings. The molecule has 0 spiro atoms. The molecule has 8 heteroatoms. The fourth-order valence-electron chi connectivity index (χ4n) is 1.48. The molecular formula is C6H12BNO5P+. The molecule has 1 aliphatic heterocycles. The lowest BCUT2D eigenvalue weighted by Gasteiger charge is -2.27. The van der Waals surface area contributed by atoms with E-state index in [2.05, 4.69) is 0 Å². The average Bonchev–Trinajstić information content (AvgIpc) is 2.42. The van der Waals surface area contributed by atoms with Crippen molar-refractivity contribution in [1.29, 1.82) is 0 Å². The SMILES string of the molecule is [B]C1CC(O[P+](=O)O)C(CN)(CO)O1. The Morgan fingerprint density at radius 3 is 2.86 bits per heavy atom.